The van der Waals surface area contributed by atoms with Crippen LogP contribution >= 0.6 is 0 Å². The Morgan fingerprint density at radius 2 is 2.00 bits per heavy atom. The number of benzene rings is 1. The summed E-state index contributed by atoms with van der Waals surface area (Å²) in [4.78, 5) is 10.7. The summed E-state index contributed by atoms with van der Waals surface area (Å²) in [5.41, 5.74) is 6.31. The predicted molar refractivity (Wildman–Crippen MR) is 77.6 cm³/mol. The highest BCUT2D eigenvalue weighted by atomic mass is 32.2. The lowest BCUT2D eigenvalue weighted by molar-refractivity contribution is -0.136. The molecule has 0 bridgehead atoms. The van der Waals surface area contributed by atoms with Crippen LogP contribution in [0.25, 0.3) is 0 Å². The molecule has 1 aromatic rings. The number of carboxylic acid groups (broad SMARTS) is 1. The van der Waals surface area contributed by atoms with Crippen molar-refractivity contribution in [3.63, 3.8) is 0 Å². The van der Waals surface area contributed by atoms with E-state index in [1.807, 2.05) is 0 Å². The lowest BCUT2D eigenvalue weighted by Gasteiger charge is -2.26. The van der Waals surface area contributed by atoms with E-state index in [1.54, 1.807) is 32.0 Å². The van der Waals surface area contributed by atoms with Gasteiger partial charge in [-0.05, 0) is 26.0 Å². The molecule has 0 heterocycles. The van der Waals surface area contributed by atoms with Crippen LogP contribution in [0.4, 0.5) is 11.4 Å². The van der Waals surface area contributed by atoms with E-state index >= 15 is 0 Å². The molecule has 4 N–H and O–H groups in total. The van der Waals surface area contributed by atoms with Gasteiger partial charge in [0.15, 0.2) is 0 Å². The van der Waals surface area contributed by atoms with Crippen molar-refractivity contribution in [3.8, 4) is 0 Å². The van der Waals surface area contributed by atoms with Gasteiger partial charge in [-0.3, -0.25) is 9.10 Å². The quantitative estimate of drug-likeness (QED) is 0.645. The van der Waals surface area contributed by atoms with Crippen LogP contribution in [0, 0.1) is 0 Å². The molecule has 0 saturated carbocycles. The first-order valence-electron chi connectivity index (χ1n) is 6.10. The van der Waals surface area contributed by atoms with Crippen molar-refractivity contribution >= 4 is 27.6 Å². The van der Waals surface area contributed by atoms with Gasteiger partial charge in [0.25, 0.3) is 0 Å². The zero-order valence-corrected chi connectivity index (χ0v) is 12.2. The molecule has 7 nitrogen and oxygen atoms in total. The number of hydrogen-bond acceptors (Lipinski definition) is 4. The topological polar surface area (TPSA) is 113 Å². The van der Waals surface area contributed by atoms with Gasteiger partial charge in [0, 0.05) is 12.6 Å². The number of nitrogens with zero attached hydrogens (tertiary/aromatic N) is 1. The standard InChI is InChI=1S/C12H19N3O4S/c1-9(2)14-20(18,19)15(8-7-12(16)17)11-6-4-3-5-10(11)13/h3-6,9,14H,7-8,13H2,1-2H3,(H,16,17). The fourth-order valence-electron chi connectivity index (χ4n) is 1.64. The average Bonchev–Trinajstić information content (AvgIpc) is 2.29. The molecule has 1 rings (SSSR count). The number of rotatable bonds is 7. The SMILES string of the molecule is CC(C)NS(=O)(=O)N(CCC(=O)O)c1ccccc1N. The van der Waals surface area contributed by atoms with Crippen molar-refractivity contribution in [1.82, 2.24) is 4.72 Å². The molecule has 0 aliphatic heterocycles. The molecule has 20 heavy (non-hydrogen) atoms. The third-order valence-corrected chi connectivity index (χ3v) is 4.14. The average molecular weight is 301 g/mol. The van der Waals surface area contributed by atoms with Crippen LogP contribution in [0.3, 0.4) is 0 Å². The number of carbonyl (C=O) groups is 1. The second-order valence-corrected chi connectivity index (χ2v) is 6.18. The number of anilines is 2. The van der Waals surface area contributed by atoms with E-state index in [0.717, 1.165) is 4.31 Å². The highest BCUT2D eigenvalue weighted by Gasteiger charge is 2.25. The Kier molecular flexibility index (Phi) is 5.34. The molecule has 0 fully saturated rings. The predicted octanol–water partition coefficient (Wildman–Crippen LogP) is 0.793. The summed E-state index contributed by atoms with van der Waals surface area (Å²) in [5.74, 6) is -1.08. The maximum Gasteiger partial charge on any atom is 0.305 e. The number of carboxylic acids is 1. The number of aliphatic carboxylic acids is 1. The summed E-state index contributed by atoms with van der Waals surface area (Å²) in [6.45, 7) is 3.17. The first-order valence-corrected chi connectivity index (χ1v) is 7.54. The first-order chi connectivity index (χ1) is 9.24. The molecule has 0 radical (unpaired) electrons. The van der Waals surface area contributed by atoms with E-state index in [9.17, 15) is 13.2 Å². The van der Waals surface area contributed by atoms with Gasteiger partial charge in [-0.25, -0.2) is 0 Å². The summed E-state index contributed by atoms with van der Waals surface area (Å²) in [6, 6.07) is 6.11. The summed E-state index contributed by atoms with van der Waals surface area (Å²) in [6.07, 6.45) is -0.312. The molecule has 1 aromatic carbocycles. The Morgan fingerprint density at radius 1 is 1.40 bits per heavy atom. The Hall–Kier alpha value is -1.80. The molecule has 112 valence electrons. The van der Waals surface area contributed by atoms with Gasteiger partial charge in [0.05, 0.1) is 17.8 Å². The number of nitrogens with two attached hydrogens (primary N) is 1. The van der Waals surface area contributed by atoms with Crippen LogP contribution in [0.15, 0.2) is 24.3 Å². The smallest absolute Gasteiger partial charge is 0.305 e. The van der Waals surface area contributed by atoms with Crippen LogP contribution < -0.4 is 14.8 Å². The normalized spacial score (nSPS) is 11.6. The molecule has 0 saturated heterocycles. The Morgan fingerprint density at radius 3 is 2.50 bits per heavy atom. The zero-order valence-electron chi connectivity index (χ0n) is 11.4. The largest absolute Gasteiger partial charge is 0.481 e. The molecule has 0 aromatic heterocycles. The van der Waals surface area contributed by atoms with Gasteiger partial charge < -0.3 is 10.8 Å². The van der Waals surface area contributed by atoms with Gasteiger partial charge in [-0.15, -0.1) is 0 Å². The third kappa shape index (κ3) is 4.39. The minimum Gasteiger partial charge on any atom is -0.481 e. The van der Waals surface area contributed by atoms with Crippen molar-refractivity contribution < 1.29 is 18.3 Å². The Labute approximate surface area is 118 Å². The number of hydrogen-bond donors (Lipinski definition) is 3. The minimum absolute atomic E-state index is 0.189. The lowest BCUT2D eigenvalue weighted by Crippen LogP contribution is -2.44. The number of nitrogen functional groups attached to an aromatic ring is 1. The highest BCUT2D eigenvalue weighted by Crippen LogP contribution is 2.25. The highest BCUT2D eigenvalue weighted by molar-refractivity contribution is 7.90. The van der Waals surface area contributed by atoms with Crippen LogP contribution in [0.1, 0.15) is 20.3 Å². The van der Waals surface area contributed by atoms with E-state index in [4.69, 9.17) is 10.8 Å². The monoisotopic (exact) mass is 301 g/mol. The second-order valence-electron chi connectivity index (χ2n) is 4.55. The van der Waals surface area contributed by atoms with Gasteiger partial charge >= 0.3 is 16.2 Å². The molecule has 0 spiro atoms. The molecule has 0 amide bonds. The van der Waals surface area contributed by atoms with E-state index in [2.05, 4.69) is 4.72 Å². The number of nitrogens with one attached hydrogen (secondary N) is 1. The molecule has 8 heteroatoms. The van der Waals surface area contributed by atoms with Crippen LogP contribution in [0.2, 0.25) is 0 Å². The maximum absolute atomic E-state index is 12.3. The van der Waals surface area contributed by atoms with Crippen LogP contribution in [-0.4, -0.2) is 32.1 Å². The van der Waals surface area contributed by atoms with Crippen molar-refractivity contribution in [2.24, 2.45) is 0 Å². The summed E-state index contributed by atoms with van der Waals surface area (Å²) in [7, 11) is -3.85. The Balaban J connectivity index is 3.15. The summed E-state index contributed by atoms with van der Waals surface area (Å²) < 4.78 is 27.9. The molecule has 0 aliphatic rings. The van der Waals surface area contributed by atoms with Gasteiger partial charge in [-0.2, -0.15) is 13.1 Å². The van der Waals surface area contributed by atoms with Crippen molar-refractivity contribution in [2.75, 3.05) is 16.6 Å². The van der Waals surface area contributed by atoms with E-state index in [1.165, 1.54) is 6.07 Å². The van der Waals surface area contributed by atoms with Gasteiger partial charge in [0.1, 0.15) is 0 Å². The summed E-state index contributed by atoms with van der Waals surface area (Å²) >= 11 is 0. The Bertz CT molecular complexity index is 572. The first kappa shape index (κ1) is 16.3. The maximum atomic E-state index is 12.3. The molecule has 0 atom stereocenters. The molecule has 0 aliphatic carbocycles. The summed E-state index contributed by atoms with van der Waals surface area (Å²) in [5, 5.41) is 8.75. The fourth-order valence-corrected chi connectivity index (χ4v) is 3.12. The molecular weight excluding hydrogens is 282 g/mol. The van der Waals surface area contributed by atoms with E-state index in [-0.39, 0.29) is 30.4 Å². The molecule has 0 unspecified atom stereocenters. The number of para-hydroxylation sites is 2. The van der Waals surface area contributed by atoms with Gasteiger partial charge in [-0.1, -0.05) is 12.1 Å². The van der Waals surface area contributed by atoms with E-state index in [0.29, 0.717) is 0 Å². The van der Waals surface area contributed by atoms with Crippen molar-refractivity contribution in [1.29, 1.82) is 0 Å². The van der Waals surface area contributed by atoms with E-state index < -0.39 is 16.2 Å². The second kappa shape index (κ2) is 6.58. The molecular formula is C12H19N3O4S. The third-order valence-electron chi connectivity index (χ3n) is 2.41. The minimum atomic E-state index is -3.85. The van der Waals surface area contributed by atoms with Crippen LogP contribution in [0.5, 0.6) is 0 Å². The lowest BCUT2D eigenvalue weighted by atomic mass is 10.2. The zero-order chi connectivity index (χ0) is 15.3. The van der Waals surface area contributed by atoms with Crippen LogP contribution in [-0.2, 0) is 15.0 Å². The van der Waals surface area contributed by atoms with Crippen molar-refractivity contribution in [2.45, 2.75) is 26.3 Å². The fraction of sp³-hybridized carbons (Fsp3) is 0.417. The van der Waals surface area contributed by atoms with Gasteiger partial charge in [0.2, 0.25) is 0 Å². The van der Waals surface area contributed by atoms with Crippen molar-refractivity contribution in [3.05, 3.63) is 24.3 Å².